The Bertz CT molecular complexity index is 468. The summed E-state index contributed by atoms with van der Waals surface area (Å²) in [7, 11) is 1.72. The standard InChI is InChI=1S/C18H27NO2/c1-13(14-6-4-3-5-7-14)19-17-10-11-21-18-9-8-15(20-2)12-16(17)18/h8-9,12-14,17,19H,3-7,10-11H2,1-2H3. The predicted molar refractivity (Wildman–Crippen MR) is 85.0 cm³/mol. The number of benzene rings is 1. The Morgan fingerprint density at radius 2 is 2.00 bits per heavy atom. The zero-order valence-electron chi connectivity index (χ0n) is 13.2. The summed E-state index contributed by atoms with van der Waals surface area (Å²) in [6, 6.07) is 7.10. The van der Waals surface area contributed by atoms with E-state index < -0.39 is 0 Å². The first-order valence-corrected chi connectivity index (χ1v) is 8.34. The highest BCUT2D eigenvalue weighted by Gasteiger charge is 2.27. The predicted octanol–water partition coefficient (Wildman–Crippen LogP) is 4.08. The molecule has 1 saturated carbocycles. The quantitative estimate of drug-likeness (QED) is 0.906. The van der Waals surface area contributed by atoms with Crippen LogP contribution in [0.5, 0.6) is 11.5 Å². The van der Waals surface area contributed by atoms with E-state index in [-0.39, 0.29) is 0 Å². The minimum absolute atomic E-state index is 0.390. The van der Waals surface area contributed by atoms with Gasteiger partial charge in [0.1, 0.15) is 11.5 Å². The maximum atomic E-state index is 5.78. The largest absolute Gasteiger partial charge is 0.497 e. The summed E-state index contributed by atoms with van der Waals surface area (Å²) in [4.78, 5) is 0. The van der Waals surface area contributed by atoms with E-state index in [9.17, 15) is 0 Å². The van der Waals surface area contributed by atoms with E-state index >= 15 is 0 Å². The van der Waals surface area contributed by atoms with Gasteiger partial charge >= 0.3 is 0 Å². The Balaban J connectivity index is 1.71. The molecular weight excluding hydrogens is 262 g/mol. The Hall–Kier alpha value is -1.22. The number of rotatable bonds is 4. The summed E-state index contributed by atoms with van der Waals surface area (Å²) in [6.07, 6.45) is 8.01. The summed E-state index contributed by atoms with van der Waals surface area (Å²) < 4.78 is 11.2. The van der Waals surface area contributed by atoms with E-state index in [1.807, 2.05) is 12.1 Å². The second kappa shape index (κ2) is 6.69. The van der Waals surface area contributed by atoms with Gasteiger partial charge in [0.2, 0.25) is 0 Å². The lowest BCUT2D eigenvalue weighted by Gasteiger charge is -2.34. The molecule has 3 nitrogen and oxygen atoms in total. The summed E-state index contributed by atoms with van der Waals surface area (Å²) in [5.74, 6) is 2.75. The van der Waals surface area contributed by atoms with Gasteiger partial charge < -0.3 is 14.8 Å². The van der Waals surface area contributed by atoms with Gasteiger partial charge in [-0.05, 0) is 43.9 Å². The zero-order chi connectivity index (χ0) is 14.7. The number of nitrogens with one attached hydrogen (secondary N) is 1. The van der Waals surface area contributed by atoms with Crippen molar-refractivity contribution in [3.8, 4) is 11.5 Å². The van der Waals surface area contributed by atoms with Crippen molar-refractivity contribution >= 4 is 0 Å². The molecule has 0 bridgehead atoms. The number of hydrogen-bond donors (Lipinski definition) is 1. The Morgan fingerprint density at radius 3 is 2.76 bits per heavy atom. The minimum atomic E-state index is 0.390. The van der Waals surface area contributed by atoms with Crippen LogP contribution in [0.1, 0.15) is 57.1 Å². The van der Waals surface area contributed by atoms with Crippen LogP contribution in [-0.4, -0.2) is 19.8 Å². The van der Waals surface area contributed by atoms with Crippen LogP contribution in [0, 0.1) is 5.92 Å². The molecule has 1 aromatic carbocycles. The van der Waals surface area contributed by atoms with Gasteiger partial charge in [0.15, 0.2) is 0 Å². The van der Waals surface area contributed by atoms with E-state index in [1.54, 1.807) is 7.11 Å². The molecule has 3 rings (SSSR count). The lowest BCUT2D eigenvalue weighted by Crippen LogP contribution is -2.39. The van der Waals surface area contributed by atoms with Crippen molar-refractivity contribution in [2.75, 3.05) is 13.7 Å². The third-order valence-electron chi connectivity index (χ3n) is 5.08. The molecule has 3 heteroatoms. The van der Waals surface area contributed by atoms with E-state index in [2.05, 4.69) is 18.3 Å². The molecule has 0 radical (unpaired) electrons. The van der Waals surface area contributed by atoms with Crippen molar-refractivity contribution in [1.82, 2.24) is 5.32 Å². The van der Waals surface area contributed by atoms with Crippen LogP contribution in [0.15, 0.2) is 18.2 Å². The fourth-order valence-electron chi connectivity index (χ4n) is 3.76. The minimum Gasteiger partial charge on any atom is -0.497 e. The first kappa shape index (κ1) is 14.7. The summed E-state index contributed by atoms with van der Waals surface area (Å²) in [6.45, 7) is 3.15. The van der Waals surface area contributed by atoms with E-state index in [1.165, 1.54) is 37.7 Å². The lowest BCUT2D eigenvalue weighted by atomic mass is 9.84. The molecule has 116 valence electrons. The summed E-state index contributed by atoms with van der Waals surface area (Å²) in [5, 5.41) is 3.86. The molecule has 2 aliphatic rings. The van der Waals surface area contributed by atoms with E-state index in [0.717, 1.165) is 30.4 Å². The molecule has 21 heavy (non-hydrogen) atoms. The van der Waals surface area contributed by atoms with E-state index in [4.69, 9.17) is 9.47 Å². The van der Waals surface area contributed by atoms with Gasteiger partial charge in [-0.3, -0.25) is 0 Å². The molecule has 1 N–H and O–H groups in total. The van der Waals surface area contributed by atoms with Crippen LogP contribution >= 0.6 is 0 Å². The maximum Gasteiger partial charge on any atom is 0.124 e. The molecule has 2 unspecified atom stereocenters. The third kappa shape index (κ3) is 3.34. The van der Waals surface area contributed by atoms with Crippen molar-refractivity contribution in [2.45, 2.75) is 57.5 Å². The first-order chi connectivity index (χ1) is 10.3. The highest BCUT2D eigenvalue weighted by atomic mass is 16.5. The smallest absolute Gasteiger partial charge is 0.124 e. The number of ether oxygens (including phenoxy) is 2. The number of hydrogen-bond acceptors (Lipinski definition) is 3. The molecule has 1 heterocycles. The SMILES string of the molecule is COc1ccc2c(c1)C(NC(C)C1CCCCC1)CCO2. The third-order valence-corrected chi connectivity index (χ3v) is 5.08. The fraction of sp³-hybridized carbons (Fsp3) is 0.667. The molecule has 2 atom stereocenters. The molecular formula is C18H27NO2. The van der Waals surface area contributed by atoms with Crippen molar-refractivity contribution in [1.29, 1.82) is 0 Å². The van der Waals surface area contributed by atoms with Crippen LogP contribution in [0.3, 0.4) is 0 Å². The van der Waals surface area contributed by atoms with Gasteiger partial charge in [-0.25, -0.2) is 0 Å². The lowest BCUT2D eigenvalue weighted by molar-refractivity contribution is 0.215. The average Bonchev–Trinajstić information content (AvgIpc) is 2.55. The molecule has 0 aromatic heterocycles. The van der Waals surface area contributed by atoms with Gasteiger partial charge in [0.05, 0.1) is 13.7 Å². The van der Waals surface area contributed by atoms with Crippen LogP contribution in [0.2, 0.25) is 0 Å². The van der Waals surface area contributed by atoms with Crippen LogP contribution < -0.4 is 14.8 Å². The van der Waals surface area contributed by atoms with Crippen molar-refractivity contribution in [3.63, 3.8) is 0 Å². The Morgan fingerprint density at radius 1 is 1.19 bits per heavy atom. The second-order valence-corrected chi connectivity index (χ2v) is 6.45. The monoisotopic (exact) mass is 289 g/mol. The van der Waals surface area contributed by atoms with Crippen LogP contribution in [0.4, 0.5) is 0 Å². The molecule has 1 aliphatic heterocycles. The van der Waals surface area contributed by atoms with Crippen LogP contribution in [-0.2, 0) is 0 Å². The zero-order valence-corrected chi connectivity index (χ0v) is 13.2. The number of methoxy groups -OCH3 is 1. The maximum absolute atomic E-state index is 5.78. The molecule has 1 fully saturated rings. The van der Waals surface area contributed by atoms with E-state index in [0.29, 0.717) is 12.1 Å². The molecule has 0 saturated heterocycles. The van der Waals surface area contributed by atoms with Crippen molar-refractivity contribution in [3.05, 3.63) is 23.8 Å². The summed E-state index contributed by atoms with van der Waals surface area (Å²) in [5.41, 5.74) is 1.25. The molecule has 1 aromatic rings. The topological polar surface area (TPSA) is 30.5 Å². The fourth-order valence-corrected chi connectivity index (χ4v) is 3.76. The first-order valence-electron chi connectivity index (χ1n) is 8.34. The van der Waals surface area contributed by atoms with Gasteiger partial charge in [-0.15, -0.1) is 0 Å². The number of fused-ring (bicyclic) bond motifs is 1. The highest BCUT2D eigenvalue weighted by Crippen LogP contribution is 2.36. The molecule has 1 aliphatic carbocycles. The van der Waals surface area contributed by atoms with Gasteiger partial charge in [-0.2, -0.15) is 0 Å². The van der Waals surface area contributed by atoms with Crippen molar-refractivity contribution in [2.24, 2.45) is 5.92 Å². The van der Waals surface area contributed by atoms with Crippen molar-refractivity contribution < 1.29 is 9.47 Å². The average molecular weight is 289 g/mol. The Labute approximate surface area is 128 Å². The van der Waals surface area contributed by atoms with Gasteiger partial charge in [0.25, 0.3) is 0 Å². The molecule has 0 spiro atoms. The van der Waals surface area contributed by atoms with Gasteiger partial charge in [0, 0.05) is 24.1 Å². The molecule has 0 amide bonds. The van der Waals surface area contributed by atoms with Crippen LogP contribution in [0.25, 0.3) is 0 Å². The Kier molecular flexibility index (Phi) is 4.69. The normalized spacial score (nSPS) is 24.0. The highest BCUT2D eigenvalue weighted by molar-refractivity contribution is 5.43. The summed E-state index contributed by atoms with van der Waals surface area (Å²) >= 11 is 0. The van der Waals surface area contributed by atoms with Gasteiger partial charge in [-0.1, -0.05) is 19.3 Å². The second-order valence-electron chi connectivity index (χ2n) is 6.45.